The molecule has 1 aliphatic rings. The smallest absolute Gasteiger partial charge is 0.273 e. The zero-order valence-electron chi connectivity index (χ0n) is 13.1. The molecule has 1 unspecified atom stereocenters. The number of rotatable bonds is 5. The summed E-state index contributed by atoms with van der Waals surface area (Å²) >= 11 is 1.71. The molecule has 0 saturated carbocycles. The zero-order chi connectivity index (χ0) is 15.4. The maximum atomic E-state index is 12.2. The van der Waals surface area contributed by atoms with Crippen LogP contribution in [0.4, 0.5) is 0 Å². The van der Waals surface area contributed by atoms with Crippen molar-refractivity contribution in [3.8, 4) is 0 Å². The fourth-order valence-corrected chi connectivity index (χ4v) is 3.55. The van der Waals surface area contributed by atoms with Crippen LogP contribution in [0.15, 0.2) is 23.7 Å². The number of piperidine rings is 1. The van der Waals surface area contributed by atoms with Gasteiger partial charge in [0.15, 0.2) is 5.69 Å². The Balaban J connectivity index is 0.00000192. The molecule has 8 heteroatoms. The second-order valence-corrected chi connectivity index (χ2v) is 6.76. The molecule has 0 radical (unpaired) electrons. The Morgan fingerprint density at radius 1 is 1.52 bits per heavy atom. The molecule has 126 valence electrons. The van der Waals surface area contributed by atoms with Gasteiger partial charge in [-0.3, -0.25) is 4.79 Å². The lowest BCUT2D eigenvalue weighted by Crippen LogP contribution is -2.34. The first-order chi connectivity index (χ1) is 10.7. The van der Waals surface area contributed by atoms with Crippen LogP contribution >= 0.6 is 23.7 Å². The molecule has 0 bridgehead atoms. The number of carbonyl (C=O) groups is 1. The van der Waals surface area contributed by atoms with Gasteiger partial charge in [-0.2, -0.15) is 0 Å². The van der Waals surface area contributed by atoms with Gasteiger partial charge in [0.2, 0.25) is 0 Å². The predicted molar refractivity (Wildman–Crippen MR) is 93.4 cm³/mol. The molecular weight excluding hydrogens is 334 g/mol. The van der Waals surface area contributed by atoms with Gasteiger partial charge in [0.25, 0.3) is 5.91 Å². The molecule has 2 aromatic heterocycles. The number of nitrogens with one attached hydrogen (secondary N) is 2. The lowest BCUT2D eigenvalue weighted by atomic mass is 10.1. The van der Waals surface area contributed by atoms with Crippen LogP contribution in [0.25, 0.3) is 0 Å². The van der Waals surface area contributed by atoms with Gasteiger partial charge in [-0.1, -0.05) is 11.3 Å². The van der Waals surface area contributed by atoms with Gasteiger partial charge < -0.3 is 10.6 Å². The lowest BCUT2D eigenvalue weighted by Gasteiger charge is -2.22. The lowest BCUT2D eigenvalue weighted by molar-refractivity contribution is 0.0935. The number of nitrogens with zero attached hydrogens (tertiary/aromatic N) is 3. The quantitative estimate of drug-likeness (QED) is 0.861. The average molecular weight is 356 g/mol. The van der Waals surface area contributed by atoms with Crippen LogP contribution in [-0.4, -0.2) is 40.0 Å². The van der Waals surface area contributed by atoms with Crippen LogP contribution in [-0.2, 0) is 6.42 Å². The van der Waals surface area contributed by atoms with E-state index in [1.165, 1.54) is 4.88 Å². The van der Waals surface area contributed by atoms with Crippen molar-refractivity contribution >= 4 is 29.7 Å². The van der Waals surface area contributed by atoms with E-state index in [1.807, 2.05) is 17.7 Å². The summed E-state index contributed by atoms with van der Waals surface area (Å²) in [5.41, 5.74) is 0.400. The molecular formula is C15H22ClN5OS. The number of aromatic nitrogens is 3. The standard InChI is InChI=1S/C15H21N5OS.ClH/c1-11(9-13-3-2-8-22-13)17-15(21)14-10-20(19-18-14)12-4-6-16-7-5-12;/h2-3,8,10-12,16H,4-7,9H2,1H3,(H,17,21);1H. The molecule has 3 heterocycles. The minimum absolute atomic E-state index is 0. The first kappa shape index (κ1) is 17.9. The highest BCUT2D eigenvalue weighted by Gasteiger charge is 2.19. The van der Waals surface area contributed by atoms with E-state index in [2.05, 4.69) is 32.4 Å². The largest absolute Gasteiger partial charge is 0.348 e. The minimum atomic E-state index is -0.149. The van der Waals surface area contributed by atoms with Crippen LogP contribution in [0.5, 0.6) is 0 Å². The van der Waals surface area contributed by atoms with E-state index >= 15 is 0 Å². The summed E-state index contributed by atoms with van der Waals surface area (Å²) in [6, 6.07) is 4.54. The van der Waals surface area contributed by atoms with E-state index in [1.54, 1.807) is 17.5 Å². The van der Waals surface area contributed by atoms with Crippen LogP contribution in [0, 0.1) is 0 Å². The fraction of sp³-hybridized carbons (Fsp3) is 0.533. The van der Waals surface area contributed by atoms with Gasteiger partial charge in [0, 0.05) is 17.3 Å². The third-order valence-electron chi connectivity index (χ3n) is 3.89. The monoisotopic (exact) mass is 355 g/mol. The normalized spacial score (nSPS) is 16.6. The van der Waals surface area contributed by atoms with E-state index in [9.17, 15) is 4.79 Å². The molecule has 2 N–H and O–H groups in total. The van der Waals surface area contributed by atoms with Gasteiger partial charge in [0.05, 0.1) is 12.2 Å². The van der Waals surface area contributed by atoms with Gasteiger partial charge >= 0.3 is 0 Å². The second kappa shape index (κ2) is 8.42. The molecule has 0 aromatic carbocycles. The molecule has 0 aliphatic carbocycles. The Hall–Kier alpha value is -1.44. The molecule has 3 rings (SSSR count). The molecule has 1 saturated heterocycles. The molecule has 0 spiro atoms. The van der Waals surface area contributed by atoms with E-state index in [-0.39, 0.29) is 24.4 Å². The Morgan fingerprint density at radius 2 is 2.30 bits per heavy atom. The van der Waals surface area contributed by atoms with Gasteiger partial charge in [-0.05, 0) is 44.3 Å². The third kappa shape index (κ3) is 4.76. The van der Waals surface area contributed by atoms with Crippen molar-refractivity contribution in [3.05, 3.63) is 34.3 Å². The number of thiophene rings is 1. The summed E-state index contributed by atoms with van der Waals surface area (Å²) in [5.74, 6) is -0.149. The predicted octanol–water partition coefficient (Wildman–Crippen LogP) is 2.05. The SMILES string of the molecule is CC(Cc1cccs1)NC(=O)c1cn(C2CCNCC2)nn1.Cl. The summed E-state index contributed by atoms with van der Waals surface area (Å²) in [6.07, 6.45) is 4.66. The zero-order valence-corrected chi connectivity index (χ0v) is 14.7. The minimum Gasteiger partial charge on any atom is -0.348 e. The Bertz CT molecular complexity index is 609. The van der Waals surface area contributed by atoms with E-state index in [0.717, 1.165) is 32.4 Å². The summed E-state index contributed by atoms with van der Waals surface area (Å²) in [5, 5.41) is 16.5. The second-order valence-electron chi connectivity index (χ2n) is 5.72. The molecule has 6 nitrogen and oxygen atoms in total. The highest BCUT2D eigenvalue weighted by molar-refractivity contribution is 7.09. The average Bonchev–Trinajstić information content (AvgIpc) is 3.19. The fourth-order valence-electron chi connectivity index (χ4n) is 2.71. The highest BCUT2D eigenvalue weighted by Crippen LogP contribution is 2.17. The van der Waals surface area contributed by atoms with Gasteiger partial charge in [-0.15, -0.1) is 28.8 Å². The molecule has 1 fully saturated rings. The van der Waals surface area contributed by atoms with Crippen molar-refractivity contribution in [1.29, 1.82) is 0 Å². The maximum Gasteiger partial charge on any atom is 0.273 e. The topological polar surface area (TPSA) is 71.8 Å². The first-order valence-electron chi connectivity index (χ1n) is 7.68. The number of halogens is 1. The Labute approximate surface area is 146 Å². The molecule has 2 aromatic rings. The first-order valence-corrected chi connectivity index (χ1v) is 8.56. The maximum absolute atomic E-state index is 12.2. The molecule has 1 atom stereocenters. The van der Waals surface area contributed by atoms with Crippen LogP contribution in [0.3, 0.4) is 0 Å². The third-order valence-corrected chi connectivity index (χ3v) is 4.79. The van der Waals surface area contributed by atoms with E-state index < -0.39 is 0 Å². The summed E-state index contributed by atoms with van der Waals surface area (Å²) < 4.78 is 1.83. The van der Waals surface area contributed by atoms with Crippen molar-refractivity contribution in [1.82, 2.24) is 25.6 Å². The highest BCUT2D eigenvalue weighted by atomic mass is 35.5. The van der Waals surface area contributed by atoms with E-state index in [4.69, 9.17) is 0 Å². The number of hydrogen-bond acceptors (Lipinski definition) is 5. The summed E-state index contributed by atoms with van der Waals surface area (Å²) in [7, 11) is 0. The van der Waals surface area contributed by atoms with Crippen molar-refractivity contribution in [2.75, 3.05) is 13.1 Å². The Kier molecular flexibility index (Phi) is 6.56. The van der Waals surface area contributed by atoms with Crippen molar-refractivity contribution < 1.29 is 4.79 Å². The van der Waals surface area contributed by atoms with Crippen LogP contribution in [0.2, 0.25) is 0 Å². The number of amides is 1. The Morgan fingerprint density at radius 3 is 3.00 bits per heavy atom. The molecule has 1 aliphatic heterocycles. The summed E-state index contributed by atoms with van der Waals surface area (Å²) in [6.45, 7) is 3.99. The van der Waals surface area contributed by atoms with Crippen molar-refractivity contribution in [2.24, 2.45) is 0 Å². The van der Waals surface area contributed by atoms with Gasteiger partial charge in [-0.25, -0.2) is 4.68 Å². The summed E-state index contributed by atoms with van der Waals surface area (Å²) in [4.78, 5) is 13.5. The van der Waals surface area contributed by atoms with E-state index in [0.29, 0.717) is 11.7 Å². The molecule has 23 heavy (non-hydrogen) atoms. The van der Waals surface area contributed by atoms with Crippen LogP contribution in [0.1, 0.15) is 41.2 Å². The number of hydrogen-bond donors (Lipinski definition) is 2. The number of carbonyl (C=O) groups excluding carboxylic acids is 1. The van der Waals surface area contributed by atoms with Crippen LogP contribution < -0.4 is 10.6 Å². The molecule has 1 amide bonds. The van der Waals surface area contributed by atoms with Gasteiger partial charge in [0.1, 0.15) is 0 Å². The van der Waals surface area contributed by atoms with Crippen molar-refractivity contribution in [3.63, 3.8) is 0 Å². The van der Waals surface area contributed by atoms with Crippen molar-refractivity contribution in [2.45, 2.75) is 38.3 Å².